The van der Waals surface area contributed by atoms with Gasteiger partial charge in [-0.2, -0.15) is 0 Å². The molecule has 3 N–H and O–H groups in total. The summed E-state index contributed by atoms with van der Waals surface area (Å²) in [7, 11) is 0. The first-order valence-electron chi connectivity index (χ1n) is 11.7. The molecule has 0 bridgehead atoms. The van der Waals surface area contributed by atoms with Gasteiger partial charge >= 0.3 is 12.1 Å². The normalized spacial score (nSPS) is 23.0. The molecule has 9 nitrogen and oxygen atoms in total. The maximum absolute atomic E-state index is 12.8. The lowest BCUT2D eigenvalue weighted by molar-refractivity contribution is -0.148. The number of ether oxygens (including phenoxy) is 1. The Kier molecular flexibility index (Phi) is 8.92. The van der Waals surface area contributed by atoms with E-state index in [9.17, 15) is 24.3 Å². The molecule has 1 aliphatic heterocycles. The van der Waals surface area contributed by atoms with E-state index in [-0.39, 0.29) is 18.4 Å². The summed E-state index contributed by atoms with van der Waals surface area (Å²) in [6.45, 7) is 8.85. The fourth-order valence-corrected chi connectivity index (χ4v) is 4.67. The van der Waals surface area contributed by atoms with Gasteiger partial charge in [0.1, 0.15) is 17.7 Å². The van der Waals surface area contributed by atoms with Crippen molar-refractivity contribution in [3.63, 3.8) is 0 Å². The zero-order valence-corrected chi connectivity index (χ0v) is 20.0. The second kappa shape index (κ2) is 11.0. The van der Waals surface area contributed by atoms with Gasteiger partial charge in [0.2, 0.25) is 11.8 Å². The molecule has 0 aromatic heterocycles. The molecule has 9 heteroatoms. The molecule has 3 amide bonds. The molecule has 1 saturated heterocycles. The molecule has 0 spiro atoms. The van der Waals surface area contributed by atoms with Crippen LogP contribution in [-0.2, 0) is 19.1 Å². The molecule has 1 saturated carbocycles. The van der Waals surface area contributed by atoms with Crippen LogP contribution in [0.3, 0.4) is 0 Å². The third kappa shape index (κ3) is 7.38. The van der Waals surface area contributed by atoms with Crippen LogP contribution in [0.4, 0.5) is 4.79 Å². The van der Waals surface area contributed by atoms with Crippen LogP contribution in [0.2, 0.25) is 0 Å². The average molecular weight is 454 g/mol. The number of alkyl carbamates (subject to hydrolysis) is 1. The zero-order valence-electron chi connectivity index (χ0n) is 20.0. The minimum atomic E-state index is -1.00. The largest absolute Gasteiger partial charge is 0.480 e. The number of likely N-dealkylation sites (tertiary alicyclic amines) is 1. The fraction of sp³-hybridized carbons (Fsp3) is 0.826. The first-order valence-corrected chi connectivity index (χ1v) is 11.7. The Bertz CT molecular complexity index is 696. The van der Waals surface area contributed by atoms with Gasteiger partial charge in [-0.1, -0.05) is 46.0 Å². The van der Waals surface area contributed by atoms with Crippen LogP contribution in [0.5, 0.6) is 0 Å². The number of nitrogens with zero attached hydrogens (tertiary/aromatic N) is 1. The van der Waals surface area contributed by atoms with Crippen molar-refractivity contribution in [2.45, 2.75) is 90.8 Å². The van der Waals surface area contributed by atoms with E-state index in [4.69, 9.17) is 4.74 Å². The van der Waals surface area contributed by atoms with Crippen LogP contribution in [-0.4, -0.2) is 64.7 Å². The SMILES string of the molecule is CC(C)C(NC(=O)OC(C)(C)C)C(=O)NCC(=O)N1C[C@H](C2CCCCC2)C[C@H]1C(=O)O. The third-order valence-electron chi connectivity index (χ3n) is 6.29. The van der Waals surface area contributed by atoms with Gasteiger partial charge in [0.05, 0.1) is 6.54 Å². The molecule has 182 valence electrons. The minimum Gasteiger partial charge on any atom is -0.480 e. The Morgan fingerprint density at radius 1 is 1.06 bits per heavy atom. The third-order valence-corrected chi connectivity index (χ3v) is 6.29. The number of rotatable bonds is 7. The highest BCUT2D eigenvalue weighted by Gasteiger charge is 2.42. The summed E-state index contributed by atoms with van der Waals surface area (Å²) in [6, 6.07) is -1.73. The highest BCUT2D eigenvalue weighted by molar-refractivity contribution is 5.91. The molecule has 1 aliphatic carbocycles. The minimum absolute atomic E-state index is 0.188. The first-order chi connectivity index (χ1) is 14.9. The quantitative estimate of drug-likeness (QED) is 0.544. The number of carboxylic acids is 1. The summed E-state index contributed by atoms with van der Waals surface area (Å²) in [5.74, 6) is -1.51. The van der Waals surface area contributed by atoms with Gasteiger partial charge in [-0.3, -0.25) is 9.59 Å². The van der Waals surface area contributed by atoms with Crippen LogP contribution < -0.4 is 10.6 Å². The summed E-state index contributed by atoms with van der Waals surface area (Å²) < 4.78 is 5.21. The smallest absolute Gasteiger partial charge is 0.408 e. The second-order valence-corrected chi connectivity index (χ2v) is 10.4. The first kappa shape index (κ1) is 25.9. The van der Waals surface area contributed by atoms with Crippen molar-refractivity contribution < 1.29 is 29.0 Å². The Hall–Kier alpha value is -2.32. The van der Waals surface area contributed by atoms with Gasteiger partial charge in [0.25, 0.3) is 0 Å². The number of hydrogen-bond donors (Lipinski definition) is 3. The number of carboxylic acid groups (broad SMARTS) is 1. The number of carbonyl (C=O) groups excluding carboxylic acids is 3. The number of nitrogens with one attached hydrogen (secondary N) is 2. The van der Waals surface area contributed by atoms with Crippen molar-refractivity contribution in [3.8, 4) is 0 Å². The van der Waals surface area contributed by atoms with Crippen molar-refractivity contribution in [1.29, 1.82) is 0 Å². The average Bonchev–Trinajstić information content (AvgIpc) is 3.15. The van der Waals surface area contributed by atoms with E-state index in [0.29, 0.717) is 18.9 Å². The molecule has 2 fully saturated rings. The van der Waals surface area contributed by atoms with Crippen LogP contribution in [0.15, 0.2) is 0 Å². The van der Waals surface area contributed by atoms with Gasteiger partial charge in [-0.05, 0) is 44.9 Å². The number of hydrogen-bond acceptors (Lipinski definition) is 5. The summed E-state index contributed by atoms with van der Waals surface area (Å²) in [5, 5.41) is 14.8. The molecule has 2 aliphatic rings. The summed E-state index contributed by atoms with van der Waals surface area (Å²) in [5.41, 5.74) is -0.700. The number of aliphatic carboxylic acids is 1. The predicted molar refractivity (Wildman–Crippen MR) is 119 cm³/mol. The monoisotopic (exact) mass is 453 g/mol. The lowest BCUT2D eigenvalue weighted by Crippen LogP contribution is -2.53. The Morgan fingerprint density at radius 2 is 1.69 bits per heavy atom. The zero-order chi connectivity index (χ0) is 24.1. The van der Waals surface area contributed by atoms with Crippen LogP contribution in [0, 0.1) is 17.8 Å². The molecular formula is C23H39N3O6. The van der Waals surface area contributed by atoms with Gasteiger partial charge in [0, 0.05) is 6.54 Å². The molecule has 0 aromatic rings. The van der Waals surface area contributed by atoms with Crippen LogP contribution in [0.1, 0.15) is 73.1 Å². The van der Waals surface area contributed by atoms with Crippen molar-refractivity contribution in [2.75, 3.05) is 13.1 Å². The molecule has 1 unspecified atom stereocenters. The van der Waals surface area contributed by atoms with E-state index in [1.807, 2.05) is 0 Å². The summed E-state index contributed by atoms with van der Waals surface area (Å²) in [4.78, 5) is 50.7. The number of amides is 3. The van der Waals surface area contributed by atoms with Gasteiger partial charge in [0.15, 0.2) is 0 Å². The van der Waals surface area contributed by atoms with E-state index in [2.05, 4.69) is 10.6 Å². The molecule has 32 heavy (non-hydrogen) atoms. The van der Waals surface area contributed by atoms with Crippen LogP contribution >= 0.6 is 0 Å². The van der Waals surface area contributed by atoms with Crippen molar-refractivity contribution in [1.82, 2.24) is 15.5 Å². The Morgan fingerprint density at radius 3 is 2.22 bits per heavy atom. The van der Waals surface area contributed by atoms with E-state index in [1.165, 1.54) is 11.3 Å². The Labute approximate surface area is 190 Å². The molecule has 2 rings (SSSR count). The maximum Gasteiger partial charge on any atom is 0.408 e. The summed E-state index contributed by atoms with van der Waals surface area (Å²) >= 11 is 0. The van der Waals surface area contributed by atoms with E-state index < -0.39 is 41.6 Å². The fourth-order valence-electron chi connectivity index (χ4n) is 4.67. The molecule has 1 heterocycles. The van der Waals surface area contributed by atoms with E-state index in [0.717, 1.165) is 25.7 Å². The van der Waals surface area contributed by atoms with Gasteiger partial charge < -0.3 is 25.4 Å². The standard InChI is InChI=1S/C23H39N3O6/c1-14(2)19(25-22(31)32-23(3,4)5)20(28)24-12-18(27)26-13-16(11-17(26)21(29)30)15-9-7-6-8-10-15/h14-17,19H,6-13H2,1-5H3,(H,24,28)(H,25,31)(H,29,30)/t16-,17+,19?/m1/s1. The molecule has 0 radical (unpaired) electrons. The van der Waals surface area contributed by atoms with E-state index in [1.54, 1.807) is 34.6 Å². The topological polar surface area (TPSA) is 125 Å². The van der Waals surface area contributed by atoms with Crippen molar-refractivity contribution in [3.05, 3.63) is 0 Å². The lowest BCUT2D eigenvalue weighted by Gasteiger charge is -2.27. The van der Waals surface area contributed by atoms with Crippen molar-refractivity contribution in [2.24, 2.45) is 17.8 Å². The maximum atomic E-state index is 12.8. The molecule has 3 atom stereocenters. The molecular weight excluding hydrogens is 414 g/mol. The van der Waals surface area contributed by atoms with Crippen molar-refractivity contribution >= 4 is 23.9 Å². The van der Waals surface area contributed by atoms with Gasteiger partial charge in [-0.15, -0.1) is 0 Å². The highest BCUT2D eigenvalue weighted by Crippen LogP contribution is 2.37. The predicted octanol–water partition coefficient (Wildman–Crippen LogP) is 2.53. The molecule has 0 aromatic carbocycles. The van der Waals surface area contributed by atoms with Gasteiger partial charge in [-0.25, -0.2) is 9.59 Å². The lowest BCUT2D eigenvalue weighted by atomic mass is 9.79. The summed E-state index contributed by atoms with van der Waals surface area (Å²) in [6.07, 6.45) is 5.46. The Balaban J connectivity index is 1.95. The van der Waals surface area contributed by atoms with Crippen LogP contribution in [0.25, 0.3) is 0 Å². The second-order valence-electron chi connectivity index (χ2n) is 10.4. The van der Waals surface area contributed by atoms with E-state index >= 15 is 0 Å². The number of carbonyl (C=O) groups is 4. The highest BCUT2D eigenvalue weighted by atomic mass is 16.6.